The molecule has 13 heteroatoms. The summed E-state index contributed by atoms with van der Waals surface area (Å²) in [5.41, 5.74) is 6.89. The molecule has 5 N–H and O–H groups in total. The molecule has 0 bridgehead atoms. The summed E-state index contributed by atoms with van der Waals surface area (Å²) in [7, 11) is -4.38. The summed E-state index contributed by atoms with van der Waals surface area (Å²) < 4.78 is 30.2. The van der Waals surface area contributed by atoms with Gasteiger partial charge in [-0.3, -0.25) is 18.6 Å². The highest BCUT2D eigenvalue weighted by Crippen LogP contribution is 2.45. The number of aliphatic hydroxyl groups excluding tert-OH is 1. The summed E-state index contributed by atoms with van der Waals surface area (Å²) in [6, 6.07) is 19.3. The van der Waals surface area contributed by atoms with Crippen LogP contribution in [0.5, 0.6) is 0 Å². The first kappa shape index (κ1) is 27.9. The number of imidazole rings is 1. The largest absolute Gasteiger partial charge is 0.472 e. The van der Waals surface area contributed by atoms with Crippen molar-refractivity contribution in [1.29, 1.82) is 0 Å². The van der Waals surface area contributed by atoms with Gasteiger partial charge in [0.2, 0.25) is 0 Å². The molecule has 0 aliphatic carbocycles. The minimum atomic E-state index is -4.38. The number of ether oxygens (including phenoxy) is 1. The average molecular weight is 604 g/mol. The van der Waals surface area contributed by atoms with Crippen LogP contribution in [0.2, 0.25) is 0 Å². The van der Waals surface area contributed by atoms with Crippen LogP contribution >= 0.6 is 7.82 Å². The summed E-state index contributed by atoms with van der Waals surface area (Å²) >= 11 is 0. The van der Waals surface area contributed by atoms with Crippen LogP contribution in [-0.2, 0) is 24.8 Å². The monoisotopic (exact) mass is 603 g/mol. The van der Waals surface area contributed by atoms with Gasteiger partial charge in [0, 0.05) is 6.42 Å². The molecular formula is C30H30N5O7P. The van der Waals surface area contributed by atoms with E-state index in [0.29, 0.717) is 11.9 Å². The molecule has 4 aromatic carbocycles. The Bertz CT molecular complexity index is 2040. The Morgan fingerprint density at radius 2 is 1.79 bits per heavy atom. The van der Waals surface area contributed by atoms with E-state index in [1.807, 2.05) is 0 Å². The molecule has 0 radical (unpaired) electrons. The molecular weight excluding hydrogens is 573 g/mol. The number of benzene rings is 4. The van der Waals surface area contributed by atoms with Crippen LogP contribution in [0.25, 0.3) is 43.5 Å². The van der Waals surface area contributed by atoms with Gasteiger partial charge in [-0.2, -0.15) is 4.98 Å². The van der Waals surface area contributed by atoms with E-state index in [0.717, 1.165) is 12.8 Å². The third-order valence-electron chi connectivity index (χ3n) is 8.10. The number of phosphoric ester groups is 1. The number of nitrogens with one attached hydrogen (secondary N) is 1. The molecule has 1 fully saturated rings. The first-order valence-corrected chi connectivity index (χ1v) is 15.6. The highest BCUT2D eigenvalue weighted by atomic mass is 31.2. The molecule has 7 rings (SSSR count). The van der Waals surface area contributed by atoms with Crippen LogP contribution in [0, 0.1) is 0 Å². The van der Waals surface area contributed by atoms with Gasteiger partial charge in [0.15, 0.2) is 5.65 Å². The maximum atomic E-state index is 12.5. The van der Waals surface area contributed by atoms with Gasteiger partial charge in [-0.25, -0.2) is 14.3 Å². The predicted octanol–water partition coefficient (Wildman–Crippen LogP) is 4.40. The number of fused-ring (bicyclic) bond motifs is 1. The van der Waals surface area contributed by atoms with E-state index in [-0.39, 0.29) is 31.1 Å². The van der Waals surface area contributed by atoms with Crippen LogP contribution < -0.4 is 11.4 Å². The zero-order chi connectivity index (χ0) is 29.7. The number of hydrogen-bond donors (Lipinski definition) is 4. The zero-order valence-electron chi connectivity index (χ0n) is 23.1. The van der Waals surface area contributed by atoms with Crippen molar-refractivity contribution >= 4 is 57.1 Å². The first-order chi connectivity index (χ1) is 20.8. The van der Waals surface area contributed by atoms with E-state index in [2.05, 4.69) is 69.5 Å². The summed E-state index contributed by atoms with van der Waals surface area (Å²) in [5, 5.41) is 17.9. The van der Waals surface area contributed by atoms with Gasteiger partial charge in [-0.05, 0) is 57.1 Å². The lowest BCUT2D eigenvalue weighted by Gasteiger charge is -2.18. The fourth-order valence-electron chi connectivity index (χ4n) is 6.02. The Morgan fingerprint density at radius 1 is 1.05 bits per heavy atom. The van der Waals surface area contributed by atoms with Crippen molar-refractivity contribution in [1.82, 2.24) is 19.5 Å². The molecule has 0 saturated carbocycles. The number of aryl methyl sites for hydroxylation is 1. The molecule has 1 aliphatic heterocycles. The van der Waals surface area contributed by atoms with Gasteiger partial charge in [0.05, 0.1) is 25.6 Å². The van der Waals surface area contributed by atoms with Crippen LogP contribution in [-0.4, -0.2) is 54.9 Å². The molecule has 12 nitrogen and oxygen atoms in total. The summed E-state index contributed by atoms with van der Waals surface area (Å²) in [4.78, 5) is 32.4. The van der Waals surface area contributed by atoms with Crippen LogP contribution in [0.15, 0.2) is 65.7 Å². The molecule has 2 aromatic heterocycles. The molecule has 4 atom stereocenters. The van der Waals surface area contributed by atoms with Crippen molar-refractivity contribution in [2.24, 2.45) is 0 Å². The molecule has 1 aliphatic rings. The molecule has 3 heterocycles. The van der Waals surface area contributed by atoms with Crippen molar-refractivity contribution in [2.75, 3.05) is 18.9 Å². The number of hydrogen-bond acceptors (Lipinski definition) is 9. The second-order valence-corrected chi connectivity index (χ2v) is 12.3. The van der Waals surface area contributed by atoms with Crippen molar-refractivity contribution in [3.05, 3.63) is 77.0 Å². The molecule has 1 saturated heterocycles. The lowest BCUT2D eigenvalue weighted by atomic mass is 9.91. The van der Waals surface area contributed by atoms with Gasteiger partial charge < -0.3 is 20.5 Å². The topological polar surface area (TPSA) is 175 Å². The number of anilines is 1. The fourth-order valence-corrected chi connectivity index (χ4v) is 6.79. The molecule has 6 aromatic rings. The third kappa shape index (κ3) is 5.27. The van der Waals surface area contributed by atoms with Gasteiger partial charge in [-0.1, -0.05) is 54.6 Å². The Morgan fingerprint density at radius 3 is 2.60 bits per heavy atom. The number of aromatic amines is 1. The van der Waals surface area contributed by atoms with E-state index in [1.165, 1.54) is 48.8 Å². The van der Waals surface area contributed by atoms with E-state index in [1.54, 1.807) is 0 Å². The van der Waals surface area contributed by atoms with Gasteiger partial charge in [0.1, 0.15) is 23.7 Å². The number of unbranched alkanes of at least 4 members (excludes halogenated alkanes) is 1. The van der Waals surface area contributed by atoms with Crippen LogP contribution in [0.3, 0.4) is 0 Å². The molecule has 43 heavy (non-hydrogen) atoms. The first-order valence-electron chi connectivity index (χ1n) is 14.1. The summed E-state index contributed by atoms with van der Waals surface area (Å²) in [6.45, 7) is -0.323. The van der Waals surface area contributed by atoms with Gasteiger partial charge >= 0.3 is 13.5 Å². The maximum Gasteiger partial charge on any atom is 0.472 e. The molecule has 0 amide bonds. The Kier molecular flexibility index (Phi) is 7.13. The number of nitrogens with two attached hydrogens (primary N) is 1. The second-order valence-electron chi connectivity index (χ2n) is 10.8. The number of H-pyrrole nitrogens is 1. The third-order valence-corrected chi connectivity index (χ3v) is 9.09. The van der Waals surface area contributed by atoms with Crippen molar-refractivity contribution in [3.63, 3.8) is 0 Å². The van der Waals surface area contributed by atoms with Gasteiger partial charge in [-0.15, -0.1) is 0 Å². The van der Waals surface area contributed by atoms with Crippen molar-refractivity contribution in [3.8, 4) is 0 Å². The molecule has 222 valence electrons. The number of phosphoric acid groups is 1. The second kappa shape index (κ2) is 11.0. The van der Waals surface area contributed by atoms with E-state index in [4.69, 9.17) is 19.5 Å². The highest BCUT2D eigenvalue weighted by Gasteiger charge is 2.38. The fraction of sp³-hybridized carbons (Fsp3) is 0.300. The lowest BCUT2D eigenvalue weighted by molar-refractivity contribution is -0.0439. The number of nitrogens with zero attached hydrogens (tertiary/aromatic N) is 3. The highest BCUT2D eigenvalue weighted by molar-refractivity contribution is 7.47. The van der Waals surface area contributed by atoms with Crippen molar-refractivity contribution in [2.45, 2.75) is 44.1 Å². The Labute approximate surface area is 245 Å². The van der Waals surface area contributed by atoms with Crippen LogP contribution in [0.1, 0.15) is 31.1 Å². The SMILES string of the molecule is Nc1[nH]c(=O)nc2c1ncn2[C@H]1CC(O)[C@@H](COP(=O)(O)OCCCCc2ccc3ccc4cccc5ccc2c3c45)O1. The number of aliphatic hydroxyl groups is 1. The number of rotatable bonds is 10. The predicted molar refractivity (Wildman–Crippen MR) is 162 cm³/mol. The average Bonchev–Trinajstić information content (AvgIpc) is 3.58. The number of aromatic nitrogens is 4. The lowest BCUT2D eigenvalue weighted by Crippen LogP contribution is -2.26. The van der Waals surface area contributed by atoms with E-state index < -0.39 is 31.9 Å². The maximum absolute atomic E-state index is 12.5. The summed E-state index contributed by atoms with van der Waals surface area (Å²) in [5.74, 6) is 0.0708. The van der Waals surface area contributed by atoms with Gasteiger partial charge in [0.25, 0.3) is 0 Å². The standard InChI is InChI=1S/C30H30N5O7P/c31-28-27-29(34-30(37)33-28)35(16-32-27)24-14-22(36)23(42-24)15-41-43(38,39)40-13-2-1-4-17-7-8-20-10-9-18-5-3-6-19-11-12-21(17)26(20)25(18)19/h3,5-12,16,22-24,36H,1-2,4,13-15H2,(H,38,39)(H3,31,33,34,37)/t22?,23-,24-/m1/s1. The van der Waals surface area contributed by atoms with E-state index >= 15 is 0 Å². The molecule has 0 spiro atoms. The molecule has 2 unspecified atom stereocenters. The van der Waals surface area contributed by atoms with Crippen LogP contribution in [0.4, 0.5) is 5.82 Å². The quantitative estimate of drug-likeness (QED) is 0.0998. The zero-order valence-corrected chi connectivity index (χ0v) is 23.9. The Hall–Kier alpha value is -3.90. The number of nitrogen functional groups attached to an aromatic ring is 1. The van der Waals surface area contributed by atoms with E-state index in [9.17, 15) is 19.4 Å². The Balaban J connectivity index is 0.924. The minimum absolute atomic E-state index is 0.0407. The smallest absolute Gasteiger partial charge is 0.390 e. The summed E-state index contributed by atoms with van der Waals surface area (Å²) in [6.07, 6.45) is 1.04. The minimum Gasteiger partial charge on any atom is -0.390 e. The van der Waals surface area contributed by atoms with Crippen molar-refractivity contribution < 1.29 is 28.3 Å². The normalized spacial score (nSPS) is 20.6.